The summed E-state index contributed by atoms with van der Waals surface area (Å²) in [4.78, 5) is 37.8. The fraction of sp³-hybridized carbons (Fsp3) is 0.318. The number of hydrogen-bond donors (Lipinski definition) is 2. The SMILES string of the molecule is CCC1(c2ccccc2)NC(=O)N(NC(=O)CCc2ccc(C)cc2C)C1=O. The molecule has 2 aromatic rings. The van der Waals surface area contributed by atoms with Crippen LogP contribution in [0.5, 0.6) is 0 Å². The number of imide groups is 1. The molecule has 1 saturated heterocycles. The number of benzene rings is 2. The zero-order chi connectivity index (χ0) is 20.3. The molecule has 146 valence electrons. The molecule has 2 aromatic carbocycles. The highest BCUT2D eigenvalue weighted by Crippen LogP contribution is 2.31. The molecule has 0 bridgehead atoms. The Hall–Kier alpha value is -3.15. The Labute approximate surface area is 164 Å². The molecular weight excluding hydrogens is 354 g/mol. The second kappa shape index (κ2) is 7.84. The second-order valence-electron chi connectivity index (χ2n) is 7.16. The highest BCUT2D eigenvalue weighted by molar-refractivity contribution is 6.08. The van der Waals surface area contributed by atoms with E-state index in [1.54, 1.807) is 12.1 Å². The smallest absolute Gasteiger partial charge is 0.318 e. The maximum atomic E-state index is 13.0. The number of carbonyl (C=O) groups is 3. The number of rotatable bonds is 6. The van der Waals surface area contributed by atoms with E-state index in [1.165, 1.54) is 5.56 Å². The van der Waals surface area contributed by atoms with E-state index in [2.05, 4.69) is 16.8 Å². The van der Waals surface area contributed by atoms with Crippen molar-refractivity contribution in [1.29, 1.82) is 0 Å². The number of hydrazine groups is 1. The zero-order valence-corrected chi connectivity index (χ0v) is 16.4. The van der Waals surface area contributed by atoms with Gasteiger partial charge in [0, 0.05) is 6.42 Å². The van der Waals surface area contributed by atoms with E-state index < -0.39 is 17.5 Å². The number of nitrogens with zero attached hydrogens (tertiary/aromatic N) is 1. The van der Waals surface area contributed by atoms with Gasteiger partial charge >= 0.3 is 6.03 Å². The number of urea groups is 1. The van der Waals surface area contributed by atoms with Crippen LogP contribution in [0.1, 0.15) is 42.0 Å². The van der Waals surface area contributed by atoms with Crippen molar-refractivity contribution in [3.05, 3.63) is 70.8 Å². The maximum absolute atomic E-state index is 13.0. The molecule has 1 heterocycles. The summed E-state index contributed by atoms with van der Waals surface area (Å²) < 4.78 is 0. The van der Waals surface area contributed by atoms with Crippen LogP contribution in [-0.2, 0) is 21.5 Å². The van der Waals surface area contributed by atoms with Crippen LogP contribution < -0.4 is 10.7 Å². The van der Waals surface area contributed by atoms with E-state index in [9.17, 15) is 14.4 Å². The monoisotopic (exact) mass is 379 g/mol. The third kappa shape index (κ3) is 3.63. The minimum Gasteiger partial charge on any atom is -0.318 e. The highest BCUT2D eigenvalue weighted by Gasteiger charge is 2.52. The van der Waals surface area contributed by atoms with Crippen LogP contribution in [0.25, 0.3) is 0 Å². The zero-order valence-electron chi connectivity index (χ0n) is 16.4. The summed E-state index contributed by atoms with van der Waals surface area (Å²) in [6, 6.07) is 14.5. The summed E-state index contributed by atoms with van der Waals surface area (Å²) in [7, 11) is 0. The lowest BCUT2D eigenvalue weighted by atomic mass is 9.87. The largest absolute Gasteiger partial charge is 0.344 e. The molecule has 1 unspecified atom stereocenters. The number of aryl methyl sites for hydroxylation is 3. The van der Waals surface area contributed by atoms with E-state index >= 15 is 0 Å². The average molecular weight is 379 g/mol. The predicted octanol–water partition coefficient (Wildman–Crippen LogP) is 3.12. The summed E-state index contributed by atoms with van der Waals surface area (Å²) in [5, 5.41) is 3.56. The Morgan fingerprint density at radius 1 is 1.11 bits per heavy atom. The summed E-state index contributed by atoms with van der Waals surface area (Å²) >= 11 is 0. The molecule has 6 heteroatoms. The molecule has 1 atom stereocenters. The van der Waals surface area contributed by atoms with Crippen molar-refractivity contribution in [2.45, 2.75) is 45.6 Å². The van der Waals surface area contributed by atoms with Crippen molar-refractivity contribution in [3.63, 3.8) is 0 Å². The van der Waals surface area contributed by atoms with E-state index in [-0.39, 0.29) is 12.3 Å². The Balaban J connectivity index is 1.69. The number of hydrogen-bond acceptors (Lipinski definition) is 3. The van der Waals surface area contributed by atoms with Crippen molar-refractivity contribution in [1.82, 2.24) is 15.8 Å². The molecule has 0 saturated carbocycles. The minimum atomic E-state index is -1.15. The molecule has 0 aromatic heterocycles. The van der Waals surface area contributed by atoms with E-state index in [4.69, 9.17) is 0 Å². The standard InChI is InChI=1S/C22H25N3O3/c1-4-22(18-8-6-5-7-9-18)20(27)25(21(28)23-22)24-19(26)13-12-17-11-10-15(2)14-16(17)3/h5-11,14H,4,12-13H2,1-3H3,(H,23,28)(H,24,26). The highest BCUT2D eigenvalue weighted by atomic mass is 16.2. The molecule has 1 aliphatic rings. The normalized spacial score (nSPS) is 18.9. The Morgan fingerprint density at radius 3 is 2.46 bits per heavy atom. The van der Waals surface area contributed by atoms with Gasteiger partial charge in [-0.15, -0.1) is 0 Å². The summed E-state index contributed by atoms with van der Waals surface area (Å²) in [6.45, 7) is 5.86. The van der Waals surface area contributed by atoms with Crippen molar-refractivity contribution in [2.75, 3.05) is 0 Å². The molecule has 0 aliphatic carbocycles. The quantitative estimate of drug-likeness (QED) is 0.757. The first-order valence-electron chi connectivity index (χ1n) is 9.45. The topological polar surface area (TPSA) is 78.5 Å². The van der Waals surface area contributed by atoms with Gasteiger partial charge in [-0.1, -0.05) is 61.0 Å². The predicted molar refractivity (Wildman–Crippen MR) is 106 cm³/mol. The van der Waals surface area contributed by atoms with Crippen LogP contribution in [0.3, 0.4) is 0 Å². The van der Waals surface area contributed by atoms with Gasteiger partial charge in [-0.3, -0.25) is 15.0 Å². The van der Waals surface area contributed by atoms with Gasteiger partial charge in [-0.05, 0) is 43.4 Å². The van der Waals surface area contributed by atoms with E-state index in [0.29, 0.717) is 18.4 Å². The van der Waals surface area contributed by atoms with Crippen LogP contribution in [0.4, 0.5) is 4.79 Å². The lowest BCUT2D eigenvalue weighted by Crippen LogP contribution is -2.48. The first kappa shape index (κ1) is 19.6. The van der Waals surface area contributed by atoms with Gasteiger partial charge in [-0.25, -0.2) is 4.79 Å². The summed E-state index contributed by atoms with van der Waals surface area (Å²) in [5.74, 6) is -0.838. The molecule has 28 heavy (non-hydrogen) atoms. The number of amides is 4. The lowest BCUT2D eigenvalue weighted by molar-refractivity contribution is -0.139. The first-order valence-corrected chi connectivity index (χ1v) is 9.45. The summed E-state index contributed by atoms with van der Waals surface area (Å²) in [5.41, 5.74) is 5.38. The van der Waals surface area contributed by atoms with Gasteiger partial charge in [0.2, 0.25) is 5.91 Å². The van der Waals surface area contributed by atoms with Gasteiger partial charge in [0.25, 0.3) is 5.91 Å². The molecule has 2 N–H and O–H groups in total. The van der Waals surface area contributed by atoms with E-state index in [1.807, 2.05) is 51.1 Å². The van der Waals surface area contributed by atoms with E-state index in [0.717, 1.165) is 16.1 Å². The van der Waals surface area contributed by atoms with Gasteiger partial charge in [0.05, 0.1) is 0 Å². The third-order valence-corrected chi connectivity index (χ3v) is 5.24. The van der Waals surface area contributed by atoms with Gasteiger partial charge in [0.1, 0.15) is 5.54 Å². The second-order valence-corrected chi connectivity index (χ2v) is 7.16. The van der Waals surface area contributed by atoms with Gasteiger partial charge < -0.3 is 5.32 Å². The fourth-order valence-corrected chi connectivity index (χ4v) is 3.59. The molecule has 1 fully saturated rings. The number of nitrogens with one attached hydrogen (secondary N) is 2. The molecule has 0 radical (unpaired) electrons. The Bertz CT molecular complexity index is 910. The van der Waals surface area contributed by atoms with Crippen molar-refractivity contribution in [3.8, 4) is 0 Å². The van der Waals surface area contributed by atoms with Gasteiger partial charge in [0.15, 0.2) is 0 Å². The maximum Gasteiger partial charge on any atom is 0.344 e. The van der Waals surface area contributed by atoms with Crippen molar-refractivity contribution < 1.29 is 14.4 Å². The molecule has 4 amide bonds. The van der Waals surface area contributed by atoms with Crippen LogP contribution >= 0.6 is 0 Å². The third-order valence-electron chi connectivity index (χ3n) is 5.24. The number of carbonyl (C=O) groups excluding carboxylic acids is 3. The Kier molecular flexibility index (Phi) is 5.49. The first-order chi connectivity index (χ1) is 13.4. The van der Waals surface area contributed by atoms with Crippen LogP contribution in [-0.4, -0.2) is 22.9 Å². The minimum absolute atomic E-state index is 0.186. The average Bonchev–Trinajstić information content (AvgIpc) is 2.93. The van der Waals surface area contributed by atoms with Crippen LogP contribution in [0, 0.1) is 13.8 Å². The Morgan fingerprint density at radius 2 is 1.82 bits per heavy atom. The molecular formula is C22H25N3O3. The van der Waals surface area contributed by atoms with Crippen molar-refractivity contribution in [2.24, 2.45) is 0 Å². The van der Waals surface area contributed by atoms with Crippen molar-refractivity contribution >= 4 is 17.8 Å². The summed E-state index contributed by atoms with van der Waals surface area (Å²) in [6.07, 6.45) is 1.11. The lowest BCUT2D eigenvalue weighted by Gasteiger charge is -2.25. The van der Waals surface area contributed by atoms with Crippen LogP contribution in [0.2, 0.25) is 0 Å². The molecule has 0 spiro atoms. The fourth-order valence-electron chi connectivity index (χ4n) is 3.59. The van der Waals surface area contributed by atoms with Crippen LogP contribution in [0.15, 0.2) is 48.5 Å². The molecule has 6 nitrogen and oxygen atoms in total. The van der Waals surface area contributed by atoms with Gasteiger partial charge in [-0.2, -0.15) is 5.01 Å². The molecule has 3 rings (SSSR count). The molecule has 1 aliphatic heterocycles.